The molecule has 0 radical (unpaired) electrons. The zero-order valence-corrected chi connectivity index (χ0v) is 41.2. The lowest BCUT2D eigenvalue weighted by atomic mass is 9.85. The lowest BCUT2D eigenvalue weighted by Crippen LogP contribution is -2.10. The number of anilines is 3. The summed E-state index contributed by atoms with van der Waals surface area (Å²) >= 11 is 0. The maximum absolute atomic E-state index is 2.43. The summed E-state index contributed by atoms with van der Waals surface area (Å²) in [5, 5.41) is 14.8. The minimum atomic E-state index is 1.08. The molecule has 0 saturated carbocycles. The van der Waals surface area contributed by atoms with Crippen LogP contribution in [0.1, 0.15) is 11.1 Å². The summed E-state index contributed by atoms with van der Waals surface area (Å²) < 4.78 is 0. The molecule has 0 atom stereocenters. The van der Waals surface area contributed by atoms with Crippen molar-refractivity contribution >= 4 is 93.8 Å². The second kappa shape index (κ2) is 18.7. The summed E-state index contributed by atoms with van der Waals surface area (Å²) in [7, 11) is 0. The summed E-state index contributed by atoms with van der Waals surface area (Å²) in [6, 6.07) is 105. The summed E-state index contributed by atoms with van der Waals surface area (Å²) in [6.07, 6.45) is 4.36. The van der Waals surface area contributed by atoms with E-state index in [2.05, 4.69) is 302 Å². The summed E-state index contributed by atoms with van der Waals surface area (Å²) in [5.74, 6) is 0. The van der Waals surface area contributed by atoms with Gasteiger partial charge in [0.1, 0.15) is 0 Å². The summed E-state index contributed by atoms with van der Waals surface area (Å²) in [6.45, 7) is 0. The van der Waals surface area contributed by atoms with E-state index in [-0.39, 0.29) is 0 Å². The van der Waals surface area contributed by atoms with E-state index < -0.39 is 0 Å². The van der Waals surface area contributed by atoms with Crippen LogP contribution in [-0.2, 0) is 0 Å². The molecule has 0 unspecified atom stereocenters. The van der Waals surface area contributed by atoms with Crippen LogP contribution in [0.5, 0.6) is 0 Å². The highest BCUT2D eigenvalue weighted by Crippen LogP contribution is 2.48. The number of fused-ring (bicyclic) bond motifs is 6. The van der Waals surface area contributed by atoms with E-state index in [1.807, 2.05) is 0 Å². The molecule has 14 aromatic rings. The van der Waals surface area contributed by atoms with Gasteiger partial charge in [0.2, 0.25) is 0 Å². The van der Waals surface area contributed by atoms with Gasteiger partial charge in [-0.15, -0.1) is 0 Å². The van der Waals surface area contributed by atoms with Gasteiger partial charge in [-0.05, 0) is 169 Å². The number of hydrogen-bond donors (Lipinski definition) is 0. The highest BCUT2D eigenvalue weighted by molar-refractivity contribution is 6.24. The highest BCUT2D eigenvalue weighted by Gasteiger charge is 2.22. The Labute approximate surface area is 437 Å². The van der Waals surface area contributed by atoms with Gasteiger partial charge in [-0.2, -0.15) is 0 Å². The number of benzene rings is 14. The van der Waals surface area contributed by atoms with Gasteiger partial charge in [0, 0.05) is 17.1 Å². The fourth-order valence-electron chi connectivity index (χ4n) is 11.7. The minimum absolute atomic E-state index is 1.08. The molecule has 1 heteroatoms. The molecular weight excluding hydrogens is 903 g/mol. The third-order valence-corrected chi connectivity index (χ3v) is 15.2. The van der Waals surface area contributed by atoms with Crippen molar-refractivity contribution in [2.75, 3.05) is 4.90 Å². The highest BCUT2D eigenvalue weighted by atomic mass is 15.1. The Morgan fingerprint density at radius 1 is 0.200 bits per heavy atom. The molecule has 75 heavy (non-hydrogen) atoms. The van der Waals surface area contributed by atoms with Crippen LogP contribution in [0.2, 0.25) is 0 Å². The summed E-state index contributed by atoms with van der Waals surface area (Å²) in [4.78, 5) is 2.41. The third-order valence-electron chi connectivity index (χ3n) is 15.2. The molecule has 0 aliphatic rings. The summed E-state index contributed by atoms with van der Waals surface area (Å²) in [5.41, 5.74) is 15.4. The minimum Gasteiger partial charge on any atom is -0.310 e. The SMILES string of the molecule is C(=C\c1ccc(-c2c3ccccc3c(-c3ccc(N(c4ccccc4)c4ccc5c(-c6ccc7ccccc7c6)c6ccccc6c(-c6ccc7ccccc7c6)c5c4)cc3)c3ccccc23)cc1)/c1ccccc1. The van der Waals surface area contributed by atoms with Crippen LogP contribution in [0, 0.1) is 0 Å². The zero-order valence-electron chi connectivity index (χ0n) is 41.2. The molecule has 14 rings (SSSR count). The molecule has 0 fully saturated rings. The third kappa shape index (κ3) is 7.90. The van der Waals surface area contributed by atoms with Crippen molar-refractivity contribution in [3.05, 3.63) is 296 Å². The van der Waals surface area contributed by atoms with Crippen molar-refractivity contribution in [2.24, 2.45) is 0 Å². The van der Waals surface area contributed by atoms with Crippen molar-refractivity contribution in [3.8, 4) is 44.5 Å². The van der Waals surface area contributed by atoms with E-state index in [0.717, 1.165) is 17.1 Å². The lowest BCUT2D eigenvalue weighted by molar-refractivity contribution is 1.29. The quantitative estimate of drug-likeness (QED) is 0.103. The number of hydrogen-bond acceptors (Lipinski definition) is 1. The molecule has 0 heterocycles. The number of nitrogens with zero attached hydrogens (tertiary/aromatic N) is 1. The van der Waals surface area contributed by atoms with Gasteiger partial charge in [0.15, 0.2) is 0 Å². The van der Waals surface area contributed by atoms with Gasteiger partial charge < -0.3 is 4.90 Å². The van der Waals surface area contributed by atoms with Crippen LogP contribution in [-0.4, -0.2) is 0 Å². The van der Waals surface area contributed by atoms with Crippen LogP contribution < -0.4 is 4.90 Å². The van der Waals surface area contributed by atoms with E-state index in [1.54, 1.807) is 0 Å². The second-order valence-corrected chi connectivity index (χ2v) is 19.6. The van der Waals surface area contributed by atoms with E-state index >= 15 is 0 Å². The number of rotatable bonds is 9. The van der Waals surface area contributed by atoms with Gasteiger partial charge in [0.25, 0.3) is 0 Å². The first-order valence-electron chi connectivity index (χ1n) is 25.9. The maximum Gasteiger partial charge on any atom is 0.0468 e. The number of para-hydroxylation sites is 1. The Hall–Kier alpha value is -9.82. The fourth-order valence-corrected chi connectivity index (χ4v) is 11.7. The molecule has 0 aromatic heterocycles. The van der Waals surface area contributed by atoms with E-state index in [4.69, 9.17) is 0 Å². The smallest absolute Gasteiger partial charge is 0.0468 e. The molecule has 14 aromatic carbocycles. The maximum atomic E-state index is 2.43. The van der Waals surface area contributed by atoms with Gasteiger partial charge >= 0.3 is 0 Å². The Balaban J connectivity index is 0.928. The molecule has 0 saturated heterocycles. The Kier molecular flexibility index (Phi) is 10.9. The molecule has 0 amide bonds. The average molecular weight is 952 g/mol. The molecule has 350 valence electrons. The molecule has 0 N–H and O–H groups in total. The predicted octanol–water partition coefficient (Wildman–Crippen LogP) is 20.9. The monoisotopic (exact) mass is 951 g/mol. The standard InChI is InChI=1S/C74H49N/c1-3-17-50(18-4-1)31-32-51-33-35-54(36-34-51)71-63-25-11-13-27-65(63)72(66-28-14-12-26-64(66)71)55-41-43-61(44-42-55)75(60-23-5-2-6-24-60)62-45-46-69-70(49-62)74(59-40-38-53-20-8-10-22-57(53)48-59)68-30-16-15-29-67(68)73(69)58-39-37-52-19-7-9-21-56(52)47-58/h1-49H/b32-31+. The van der Waals surface area contributed by atoms with Crippen molar-refractivity contribution < 1.29 is 0 Å². The molecule has 0 bridgehead atoms. The van der Waals surface area contributed by atoms with E-state index in [0.29, 0.717) is 0 Å². The van der Waals surface area contributed by atoms with Crippen molar-refractivity contribution in [3.63, 3.8) is 0 Å². The van der Waals surface area contributed by atoms with Crippen LogP contribution in [0.15, 0.2) is 285 Å². The van der Waals surface area contributed by atoms with Gasteiger partial charge in [-0.25, -0.2) is 0 Å². The Morgan fingerprint density at radius 2 is 0.533 bits per heavy atom. The first kappa shape index (κ1) is 43.9. The predicted molar refractivity (Wildman–Crippen MR) is 323 cm³/mol. The van der Waals surface area contributed by atoms with Gasteiger partial charge in [-0.3, -0.25) is 0 Å². The van der Waals surface area contributed by atoms with Crippen molar-refractivity contribution in [2.45, 2.75) is 0 Å². The fraction of sp³-hybridized carbons (Fsp3) is 0. The van der Waals surface area contributed by atoms with Gasteiger partial charge in [0.05, 0.1) is 0 Å². The normalized spacial score (nSPS) is 11.7. The van der Waals surface area contributed by atoms with Crippen LogP contribution in [0.4, 0.5) is 17.1 Å². The van der Waals surface area contributed by atoms with Gasteiger partial charge in [-0.1, -0.05) is 249 Å². The Bertz CT molecular complexity index is 4440. The average Bonchev–Trinajstić information content (AvgIpc) is 3.48. The molecule has 0 spiro atoms. The van der Waals surface area contributed by atoms with Crippen molar-refractivity contribution in [1.29, 1.82) is 0 Å². The van der Waals surface area contributed by atoms with Crippen LogP contribution in [0.3, 0.4) is 0 Å². The molecular formula is C74H49N. The van der Waals surface area contributed by atoms with Crippen molar-refractivity contribution in [1.82, 2.24) is 0 Å². The molecule has 0 aliphatic carbocycles. The topological polar surface area (TPSA) is 3.24 Å². The first-order chi connectivity index (χ1) is 37.2. The lowest BCUT2D eigenvalue weighted by Gasteiger charge is -2.27. The van der Waals surface area contributed by atoms with Crippen LogP contribution in [0.25, 0.3) is 121 Å². The van der Waals surface area contributed by atoms with Crippen LogP contribution >= 0.6 is 0 Å². The first-order valence-corrected chi connectivity index (χ1v) is 25.9. The van der Waals surface area contributed by atoms with E-state index in [1.165, 1.54) is 120 Å². The second-order valence-electron chi connectivity index (χ2n) is 19.6. The molecule has 0 aliphatic heterocycles. The zero-order chi connectivity index (χ0) is 49.7. The molecule has 1 nitrogen and oxygen atoms in total. The largest absolute Gasteiger partial charge is 0.310 e. The Morgan fingerprint density at radius 3 is 1.03 bits per heavy atom. The van der Waals surface area contributed by atoms with E-state index in [9.17, 15) is 0 Å².